The van der Waals surface area contributed by atoms with Crippen molar-refractivity contribution in [3.05, 3.63) is 33.9 Å². The highest BCUT2D eigenvalue weighted by molar-refractivity contribution is 5.96. The molecule has 0 aliphatic heterocycles. The number of rotatable bonds is 4. The second-order valence-corrected chi connectivity index (χ2v) is 4.93. The van der Waals surface area contributed by atoms with Crippen LogP contribution in [0.15, 0.2) is 18.2 Å². The van der Waals surface area contributed by atoms with E-state index in [1.165, 1.54) is 18.2 Å². The van der Waals surface area contributed by atoms with Gasteiger partial charge in [0.25, 0.3) is 11.6 Å². The zero-order valence-electron chi connectivity index (χ0n) is 11.6. The van der Waals surface area contributed by atoms with Gasteiger partial charge in [0.05, 0.1) is 4.92 Å². The first-order valence-corrected chi connectivity index (χ1v) is 6.12. The van der Waals surface area contributed by atoms with Gasteiger partial charge in [-0.25, -0.2) is 0 Å². The average molecular weight is 265 g/mol. The molecule has 1 amide bonds. The summed E-state index contributed by atoms with van der Waals surface area (Å²) in [6.07, 6.45) is 0. The van der Waals surface area contributed by atoms with Crippen LogP contribution in [-0.4, -0.2) is 27.8 Å². The van der Waals surface area contributed by atoms with E-state index in [0.29, 0.717) is 0 Å². The molecule has 1 rings (SSSR count). The number of carbonyl (C=O) groups is 1. The molecule has 0 aliphatic rings. The Morgan fingerprint density at radius 1 is 1.26 bits per heavy atom. The third-order valence-corrected chi connectivity index (χ3v) is 2.82. The highest BCUT2D eigenvalue weighted by atomic mass is 16.6. The number of nitrogens with two attached hydrogens (primary N) is 1. The minimum Gasteiger partial charge on any atom is -0.393 e. The van der Waals surface area contributed by atoms with Crippen LogP contribution in [0, 0.1) is 10.1 Å². The van der Waals surface area contributed by atoms with Gasteiger partial charge in [0.1, 0.15) is 5.69 Å². The van der Waals surface area contributed by atoms with Crippen molar-refractivity contribution in [2.75, 3.05) is 5.73 Å². The van der Waals surface area contributed by atoms with Crippen molar-refractivity contribution in [1.82, 2.24) is 4.90 Å². The molecule has 0 radical (unpaired) electrons. The van der Waals surface area contributed by atoms with Crippen LogP contribution in [0.5, 0.6) is 0 Å². The first kappa shape index (κ1) is 14.9. The van der Waals surface area contributed by atoms with Crippen molar-refractivity contribution in [2.45, 2.75) is 39.8 Å². The van der Waals surface area contributed by atoms with E-state index < -0.39 is 4.92 Å². The van der Waals surface area contributed by atoms with Crippen molar-refractivity contribution in [1.29, 1.82) is 0 Å². The molecule has 0 spiro atoms. The van der Waals surface area contributed by atoms with Gasteiger partial charge in [-0.2, -0.15) is 0 Å². The van der Waals surface area contributed by atoms with Gasteiger partial charge in [-0.05, 0) is 39.8 Å². The summed E-state index contributed by atoms with van der Waals surface area (Å²) in [5.41, 5.74) is 5.62. The Hall–Kier alpha value is -2.11. The molecule has 0 unspecified atom stereocenters. The lowest BCUT2D eigenvalue weighted by atomic mass is 10.1. The summed E-state index contributed by atoms with van der Waals surface area (Å²) in [7, 11) is 0. The Bertz CT molecular complexity index is 490. The molecule has 2 N–H and O–H groups in total. The van der Waals surface area contributed by atoms with Gasteiger partial charge in [0.2, 0.25) is 0 Å². The molecule has 0 aliphatic carbocycles. The normalized spacial score (nSPS) is 10.8. The molecule has 0 saturated heterocycles. The van der Waals surface area contributed by atoms with Crippen LogP contribution in [0.25, 0.3) is 0 Å². The van der Waals surface area contributed by atoms with E-state index in [1.54, 1.807) is 4.90 Å². The third-order valence-electron chi connectivity index (χ3n) is 2.82. The first-order valence-electron chi connectivity index (χ1n) is 6.12. The Morgan fingerprint density at radius 3 is 2.21 bits per heavy atom. The van der Waals surface area contributed by atoms with Crippen LogP contribution in [0.4, 0.5) is 11.4 Å². The monoisotopic (exact) mass is 265 g/mol. The molecule has 0 aromatic heterocycles. The quantitative estimate of drug-likeness (QED) is 0.514. The molecule has 0 atom stereocenters. The molecule has 19 heavy (non-hydrogen) atoms. The fourth-order valence-electron chi connectivity index (χ4n) is 2.05. The fraction of sp³-hybridized carbons (Fsp3) is 0.462. The van der Waals surface area contributed by atoms with E-state index in [1.807, 2.05) is 27.7 Å². The van der Waals surface area contributed by atoms with E-state index in [9.17, 15) is 14.9 Å². The van der Waals surface area contributed by atoms with Crippen LogP contribution in [0.1, 0.15) is 38.1 Å². The van der Waals surface area contributed by atoms with Gasteiger partial charge in [0.15, 0.2) is 0 Å². The maximum atomic E-state index is 12.4. The number of carbonyl (C=O) groups excluding carboxylic acids is 1. The molecule has 0 fully saturated rings. The zero-order valence-corrected chi connectivity index (χ0v) is 11.6. The number of nitro benzene ring substituents is 1. The second kappa shape index (κ2) is 5.69. The first-order chi connectivity index (χ1) is 8.75. The van der Waals surface area contributed by atoms with Crippen LogP contribution >= 0.6 is 0 Å². The second-order valence-electron chi connectivity index (χ2n) is 4.93. The Morgan fingerprint density at radius 2 is 1.79 bits per heavy atom. The summed E-state index contributed by atoms with van der Waals surface area (Å²) in [6, 6.07) is 4.18. The molecule has 6 nitrogen and oxygen atoms in total. The highest BCUT2D eigenvalue weighted by Gasteiger charge is 2.23. The van der Waals surface area contributed by atoms with Gasteiger partial charge < -0.3 is 10.6 Å². The van der Waals surface area contributed by atoms with Crippen molar-refractivity contribution in [3.8, 4) is 0 Å². The number of amides is 1. The Kier molecular flexibility index (Phi) is 4.47. The van der Waals surface area contributed by atoms with E-state index in [-0.39, 0.29) is 34.9 Å². The highest BCUT2D eigenvalue weighted by Crippen LogP contribution is 2.24. The molecular formula is C13H19N3O3. The number of hydrogen-bond acceptors (Lipinski definition) is 4. The Labute approximate surface area is 112 Å². The number of hydrogen-bond donors (Lipinski definition) is 1. The molecule has 6 heteroatoms. The number of nitro groups is 1. The molecule has 1 aromatic rings. The van der Waals surface area contributed by atoms with E-state index in [4.69, 9.17) is 5.73 Å². The maximum Gasteiger partial charge on any atom is 0.292 e. The minimum atomic E-state index is -0.582. The predicted molar refractivity (Wildman–Crippen MR) is 74.0 cm³/mol. The van der Waals surface area contributed by atoms with Gasteiger partial charge in [0, 0.05) is 23.7 Å². The lowest BCUT2D eigenvalue weighted by Crippen LogP contribution is -2.42. The number of nitrogen functional groups attached to an aromatic ring is 1. The van der Waals surface area contributed by atoms with E-state index >= 15 is 0 Å². The summed E-state index contributed by atoms with van der Waals surface area (Å²) in [5.74, 6) is -0.229. The summed E-state index contributed by atoms with van der Waals surface area (Å²) in [4.78, 5) is 24.3. The van der Waals surface area contributed by atoms with Crippen LogP contribution in [-0.2, 0) is 0 Å². The van der Waals surface area contributed by atoms with Crippen LogP contribution < -0.4 is 5.73 Å². The Balaban J connectivity index is 3.19. The van der Waals surface area contributed by atoms with Crippen LogP contribution in [0.3, 0.4) is 0 Å². The van der Waals surface area contributed by atoms with Crippen molar-refractivity contribution in [2.24, 2.45) is 0 Å². The van der Waals surface area contributed by atoms with Crippen molar-refractivity contribution < 1.29 is 9.72 Å². The molecule has 104 valence electrons. The molecule has 0 heterocycles. The topological polar surface area (TPSA) is 89.5 Å². The fourth-order valence-corrected chi connectivity index (χ4v) is 2.05. The van der Waals surface area contributed by atoms with Gasteiger partial charge >= 0.3 is 0 Å². The zero-order chi connectivity index (χ0) is 14.7. The number of nitrogens with zero attached hydrogens (tertiary/aromatic N) is 2. The number of anilines is 1. The molecule has 0 bridgehead atoms. The maximum absolute atomic E-state index is 12.4. The largest absolute Gasteiger partial charge is 0.393 e. The van der Waals surface area contributed by atoms with Crippen molar-refractivity contribution in [3.63, 3.8) is 0 Å². The number of benzene rings is 1. The third kappa shape index (κ3) is 3.21. The molecule has 1 aromatic carbocycles. The summed E-state index contributed by atoms with van der Waals surface area (Å²) >= 11 is 0. The lowest BCUT2D eigenvalue weighted by molar-refractivity contribution is -0.383. The smallest absolute Gasteiger partial charge is 0.292 e. The molecule has 0 saturated carbocycles. The van der Waals surface area contributed by atoms with Crippen molar-refractivity contribution >= 4 is 17.3 Å². The van der Waals surface area contributed by atoms with Crippen LogP contribution in [0.2, 0.25) is 0 Å². The summed E-state index contributed by atoms with van der Waals surface area (Å²) in [5, 5.41) is 10.8. The summed E-state index contributed by atoms with van der Waals surface area (Å²) in [6.45, 7) is 7.63. The van der Waals surface area contributed by atoms with Gasteiger partial charge in [-0.1, -0.05) is 0 Å². The standard InChI is InChI=1S/C13H19N3O3/c1-8(2)15(9(3)4)13(17)10-5-6-11(14)12(7-10)16(18)19/h5-9H,14H2,1-4H3. The summed E-state index contributed by atoms with van der Waals surface area (Å²) < 4.78 is 0. The minimum absolute atomic E-state index is 0.0177. The van der Waals surface area contributed by atoms with Gasteiger partial charge in [-0.15, -0.1) is 0 Å². The van der Waals surface area contributed by atoms with Gasteiger partial charge in [-0.3, -0.25) is 14.9 Å². The van der Waals surface area contributed by atoms with E-state index in [0.717, 1.165) is 0 Å². The average Bonchev–Trinajstić information content (AvgIpc) is 2.27. The lowest BCUT2D eigenvalue weighted by Gasteiger charge is -2.30. The SMILES string of the molecule is CC(C)N(C(=O)c1ccc(N)c([N+](=O)[O-])c1)C(C)C. The van der Waals surface area contributed by atoms with E-state index in [2.05, 4.69) is 0 Å². The predicted octanol–water partition coefficient (Wildman–Crippen LogP) is 2.44. The molecular weight excluding hydrogens is 246 g/mol.